The molecule has 0 saturated heterocycles. The van der Waals surface area contributed by atoms with Crippen molar-refractivity contribution in [3.8, 4) is 0 Å². The minimum atomic E-state index is -2.34. The highest BCUT2D eigenvalue weighted by molar-refractivity contribution is 5.78. The lowest BCUT2D eigenvalue weighted by atomic mass is 10.2. The summed E-state index contributed by atoms with van der Waals surface area (Å²) in [5, 5.41) is 0. The van der Waals surface area contributed by atoms with Gasteiger partial charge in [-0.25, -0.2) is 13.8 Å². The van der Waals surface area contributed by atoms with Gasteiger partial charge < -0.3 is 4.57 Å². The van der Waals surface area contributed by atoms with Crippen molar-refractivity contribution in [2.24, 2.45) is 0 Å². The van der Waals surface area contributed by atoms with Crippen LogP contribution in [0.4, 0.5) is 8.78 Å². The van der Waals surface area contributed by atoms with Crippen molar-refractivity contribution in [3.63, 3.8) is 0 Å². The van der Waals surface area contributed by atoms with Gasteiger partial charge >= 0.3 is 0 Å². The van der Waals surface area contributed by atoms with Crippen molar-refractivity contribution in [1.82, 2.24) is 9.55 Å². The number of rotatable bonds is 2. The van der Waals surface area contributed by atoms with Crippen LogP contribution in [0.1, 0.15) is 5.56 Å². The first-order chi connectivity index (χ1) is 6.68. The molecule has 1 aromatic heterocycles. The van der Waals surface area contributed by atoms with E-state index in [4.69, 9.17) is 0 Å². The number of benzene rings is 1. The first-order valence-corrected chi connectivity index (χ1v) is 4.37. The third-order valence-corrected chi connectivity index (χ3v) is 2.19. The average molecular weight is 196 g/mol. The maximum Gasteiger partial charge on any atom is 0.256 e. The number of alkyl halides is 2. The fraction of sp³-hybridized carbons (Fsp3) is 0.300. The second-order valence-corrected chi connectivity index (χ2v) is 3.23. The topological polar surface area (TPSA) is 17.8 Å². The van der Waals surface area contributed by atoms with Gasteiger partial charge in [-0.3, -0.25) is 0 Å². The zero-order chi connectivity index (χ0) is 10.1. The summed E-state index contributed by atoms with van der Waals surface area (Å²) < 4.78 is 25.8. The normalized spacial score (nSPS) is 11.4. The molecule has 0 unspecified atom stereocenters. The van der Waals surface area contributed by atoms with Crippen LogP contribution in [0.3, 0.4) is 0 Å². The van der Waals surface area contributed by atoms with Crippen LogP contribution in [0.15, 0.2) is 24.5 Å². The third-order valence-electron chi connectivity index (χ3n) is 2.19. The molecule has 0 radical (unpaired) electrons. The summed E-state index contributed by atoms with van der Waals surface area (Å²) in [4.78, 5) is 4.10. The highest BCUT2D eigenvalue weighted by Gasteiger charge is 2.08. The Bertz CT molecular complexity index is 448. The maximum atomic E-state index is 12.2. The number of imidazole rings is 1. The van der Waals surface area contributed by atoms with E-state index in [-0.39, 0.29) is 6.54 Å². The molecule has 0 atom stereocenters. The fourth-order valence-electron chi connectivity index (χ4n) is 1.53. The van der Waals surface area contributed by atoms with E-state index in [0.717, 1.165) is 16.6 Å². The summed E-state index contributed by atoms with van der Waals surface area (Å²) in [7, 11) is 0. The van der Waals surface area contributed by atoms with Crippen LogP contribution in [0, 0.1) is 6.92 Å². The summed E-state index contributed by atoms with van der Waals surface area (Å²) in [5.74, 6) is 0. The van der Waals surface area contributed by atoms with Crippen LogP contribution in [-0.4, -0.2) is 16.0 Å². The molecule has 4 heteroatoms. The minimum absolute atomic E-state index is 0.292. The smallest absolute Gasteiger partial charge is 0.256 e. The highest BCUT2D eigenvalue weighted by Crippen LogP contribution is 2.17. The van der Waals surface area contributed by atoms with Gasteiger partial charge in [-0.05, 0) is 18.6 Å². The molecule has 0 amide bonds. The van der Waals surface area contributed by atoms with Gasteiger partial charge in [0.05, 0.1) is 23.9 Å². The van der Waals surface area contributed by atoms with Gasteiger partial charge in [0.2, 0.25) is 0 Å². The van der Waals surface area contributed by atoms with E-state index in [1.165, 1.54) is 10.9 Å². The molecule has 2 nitrogen and oxygen atoms in total. The van der Waals surface area contributed by atoms with E-state index in [9.17, 15) is 8.78 Å². The molecule has 0 aliphatic carbocycles. The second-order valence-electron chi connectivity index (χ2n) is 3.23. The van der Waals surface area contributed by atoms with Gasteiger partial charge in [0, 0.05) is 0 Å². The number of hydrogen-bond acceptors (Lipinski definition) is 1. The molecule has 74 valence electrons. The van der Waals surface area contributed by atoms with Crippen LogP contribution in [0.2, 0.25) is 0 Å². The SMILES string of the molecule is Cc1cccc2c1ncn2CC(F)F. The first-order valence-electron chi connectivity index (χ1n) is 4.37. The Balaban J connectivity index is 2.52. The monoisotopic (exact) mass is 196 g/mol. The number of para-hydroxylation sites is 1. The third kappa shape index (κ3) is 1.47. The zero-order valence-electron chi connectivity index (χ0n) is 7.74. The van der Waals surface area contributed by atoms with Crippen LogP contribution in [0.5, 0.6) is 0 Å². The van der Waals surface area contributed by atoms with Crippen LogP contribution >= 0.6 is 0 Å². The molecule has 0 saturated carbocycles. The molecule has 0 aliphatic heterocycles. The number of fused-ring (bicyclic) bond motifs is 1. The summed E-state index contributed by atoms with van der Waals surface area (Å²) in [5.41, 5.74) is 2.58. The van der Waals surface area contributed by atoms with E-state index in [1.54, 1.807) is 6.07 Å². The van der Waals surface area contributed by atoms with E-state index >= 15 is 0 Å². The average Bonchev–Trinajstić information content (AvgIpc) is 2.49. The lowest BCUT2D eigenvalue weighted by Gasteiger charge is -2.02. The maximum absolute atomic E-state index is 12.2. The predicted molar refractivity (Wildman–Crippen MR) is 50.5 cm³/mol. The Morgan fingerprint density at radius 3 is 2.93 bits per heavy atom. The summed E-state index contributed by atoms with van der Waals surface area (Å²) in [6, 6.07) is 5.57. The number of hydrogen-bond donors (Lipinski definition) is 0. The second kappa shape index (κ2) is 3.36. The molecule has 0 spiro atoms. The van der Waals surface area contributed by atoms with E-state index in [2.05, 4.69) is 4.98 Å². The lowest BCUT2D eigenvalue weighted by Crippen LogP contribution is -2.04. The standard InChI is InChI=1S/C10H10F2N2/c1-7-3-2-4-8-10(7)13-6-14(8)5-9(11)12/h2-4,6,9H,5H2,1H3. The number of nitrogens with zero attached hydrogens (tertiary/aromatic N) is 2. The van der Waals surface area contributed by atoms with Gasteiger partial charge in [-0.1, -0.05) is 12.1 Å². The Morgan fingerprint density at radius 1 is 1.43 bits per heavy atom. The lowest BCUT2D eigenvalue weighted by molar-refractivity contribution is 0.128. The zero-order valence-corrected chi connectivity index (χ0v) is 7.74. The Kier molecular flexibility index (Phi) is 2.19. The molecule has 14 heavy (non-hydrogen) atoms. The number of aryl methyl sites for hydroxylation is 1. The largest absolute Gasteiger partial charge is 0.325 e. The van der Waals surface area contributed by atoms with E-state index < -0.39 is 6.43 Å². The summed E-state index contributed by atoms with van der Waals surface area (Å²) in [6.45, 7) is 1.63. The molecular weight excluding hydrogens is 186 g/mol. The minimum Gasteiger partial charge on any atom is -0.325 e. The van der Waals surface area contributed by atoms with Gasteiger partial charge in [0.1, 0.15) is 0 Å². The number of halogens is 2. The van der Waals surface area contributed by atoms with E-state index in [0.29, 0.717) is 0 Å². The molecule has 2 aromatic rings. The molecular formula is C10H10F2N2. The molecule has 0 N–H and O–H groups in total. The molecule has 2 rings (SSSR count). The molecule has 0 fully saturated rings. The fourth-order valence-corrected chi connectivity index (χ4v) is 1.53. The van der Waals surface area contributed by atoms with Crippen molar-refractivity contribution in [3.05, 3.63) is 30.1 Å². The molecule has 0 bridgehead atoms. The van der Waals surface area contributed by atoms with Crippen LogP contribution in [0.25, 0.3) is 11.0 Å². The van der Waals surface area contributed by atoms with Crippen LogP contribution in [-0.2, 0) is 6.54 Å². The van der Waals surface area contributed by atoms with Crippen molar-refractivity contribution in [2.75, 3.05) is 0 Å². The van der Waals surface area contributed by atoms with Gasteiger partial charge in [0.25, 0.3) is 6.43 Å². The number of aromatic nitrogens is 2. The Labute approximate surface area is 80.2 Å². The predicted octanol–water partition coefficient (Wildman–Crippen LogP) is 2.61. The van der Waals surface area contributed by atoms with Crippen LogP contribution < -0.4 is 0 Å². The van der Waals surface area contributed by atoms with Gasteiger partial charge in [0.15, 0.2) is 0 Å². The van der Waals surface area contributed by atoms with Crippen molar-refractivity contribution in [1.29, 1.82) is 0 Å². The Morgan fingerprint density at radius 2 is 2.21 bits per heavy atom. The van der Waals surface area contributed by atoms with Crippen molar-refractivity contribution in [2.45, 2.75) is 19.9 Å². The molecule has 0 aliphatic rings. The molecule has 1 heterocycles. The quantitative estimate of drug-likeness (QED) is 0.721. The highest BCUT2D eigenvalue weighted by atomic mass is 19.3. The van der Waals surface area contributed by atoms with Gasteiger partial charge in [-0.15, -0.1) is 0 Å². The summed E-state index contributed by atoms with van der Waals surface area (Å²) >= 11 is 0. The Hall–Kier alpha value is -1.45. The van der Waals surface area contributed by atoms with Crippen molar-refractivity contribution >= 4 is 11.0 Å². The van der Waals surface area contributed by atoms with Crippen molar-refractivity contribution < 1.29 is 8.78 Å². The first kappa shape index (κ1) is 9.12. The molecule has 1 aromatic carbocycles. The van der Waals surface area contributed by atoms with E-state index in [1.807, 2.05) is 19.1 Å². The van der Waals surface area contributed by atoms with Gasteiger partial charge in [-0.2, -0.15) is 0 Å². The summed E-state index contributed by atoms with van der Waals surface area (Å²) in [6.07, 6.45) is -0.878.